The Kier molecular flexibility index (Phi) is 3.80. The molecule has 0 radical (unpaired) electrons. The Morgan fingerprint density at radius 1 is 1.29 bits per heavy atom. The lowest BCUT2D eigenvalue weighted by atomic mass is 10.1. The van der Waals surface area contributed by atoms with Crippen LogP contribution in [0.15, 0.2) is 41.1 Å². The summed E-state index contributed by atoms with van der Waals surface area (Å²) in [5, 5.41) is 8.85. The van der Waals surface area contributed by atoms with Crippen LogP contribution in [0.25, 0.3) is 10.9 Å². The summed E-state index contributed by atoms with van der Waals surface area (Å²) in [7, 11) is 0. The molecule has 2 heterocycles. The molecule has 1 aromatic carbocycles. The van der Waals surface area contributed by atoms with Crippen LogP contribution in [0.5, 0.6) is 0 Å². The van der Waals surface area contributed by atoms with Crippen LogP contribution in [0.2, 0.25) is 0 Å². The Labute approximate surface area is 124 Å². The molecule has 0 amide bonds. The topological polar surface area (TPSA) is 43.0 Å². The summed E-state index contributed by atoms with van der Waals surface area (Å²) < 4.78 is 7.35. The second-order valence-corrected chi connectivity index (χ2v) is 5.76. The van der Waals surface area contributed by atoms with Crippen molar-refractivity contribution in [3.05, 3.63) is 53.5 Å². The summed E-state index contributed by atoms with van der Waals surface area (Å²) in [5.41, 5.74) is 3.52. The fourth-order valence-corrected chi connectivity index (χ4v) is 2.56. The number of nitrogens with zero attached hydrogens (tertiary/aromatic N) is 2. The van der Waals surface area contributed by atoms with Gasteiger partial charge in [0.1, 0.15) is 11.5 Å². The number of fused-ring (bicyclic) bond motifs is 1. The minimum atomic E-state index is 0.487. The second kappa shape index (κ2) is 5.74. The fourth-order valence-electron chi connectivity index (χ4n) is 2.56. The number of benzene rings is 1. The first kappa shape index (κ1) is 13.9. The highest BCUT2D eigenvalue weighted by Crippen LogP contribution is 2.21. The van der Waals surface area contributed by atoms with Gasteiger partial charge in [0, 0.05) is 35.8 Å². The average molecular weight is 283 g/mol. The lowest BCUT2D eigenvalue weighted by molar-refractivity contribution is 0.389. The Balaban J connectivity index is 1.89. The van der Waals surface area contributed by atoms with E-state index in [1.165, 1.54) is 16.5 Å². The number of rotatable bonds is 5. The number of aryl methyl sites for hydroxylation is 1. The smallest absolute Gasteiger partial charge is 0.133 e. The van der Waals surface area contributed by atoms with Crippen molar-refractivity contribution in [2.24, 2.45) is 0 Å². The minimum Gasteiger partial charge on any atom is -0.361 e. The highest BCUT2D eigenvalue weighted by Gasteiger charge is 2.08. The Hall–Kier alpha value is -2.07. The standard InChI is InChI=1S/C17H21N3O/c1-12(2)18-10-14-5-4-6-17-16(14)7-8-20(17)11-15-9-13(3)21-19-15/h4-9,12,18H,10-11H2,1-3H3. The molecule has 0 fully saturated rings. The van der Waals surface area contributed by atoms with E-state index in [0.717, 1.165) is 24.5 Å². The normalized spacial score (nSPS) is 11.6. The maximum atomic E-state index is 5.14. The van der Waals surface area contributed by atoms with E-state index in [4.69, 9.17) is 4.52 Å². The van der Waals surface area contributed by atoms with Crippen LogP contribution < -0.4 is 5.32 Å². The molecule has 1 N–H and O–H groups in total. The van der Waals surface area contributed by atoms with Gasteiger partial charge in [0.25, 0.3) is 0 Å². The number of nitrogens with one attached hydrogen (secondary N) is 1. The predicted octanol–water partition coefficient (Wildman–Crippen LogP) is 3.48. The molecule has 4 nitrogen and oxygen atoms in total. The van der Waals surface area contributed by atoms with Gasteiger partial charge < -0.3 is 14.4 Å². The quantitative estimate of drug-likeness (QED) is 0.779. The summed E-state index contributed by atoms with van der Waals surface area (Å²) in [6.45, 7) is 7.88. The summed E-state index contributed by atoms with van der Waals surface area (Å²) in [4.78, 5) is 0. The second-order valence-electron chi connectivity index (χ2n) is 5.76. The highest BCUT2D eigenvalue weighted by molar-refractivity contribution is 5.83. The zero-order valence-electron chi connectivity index (χ0n) is 12.8. The van der Waals surface area contributed by atoms with Gasteiger partial charge in [0.05, 0.1) is 6.54 Å². The lowest BCUT2D eigenvalue weighted by Crippen LogP contribution is -2.21. The molecule has 3 aromatic rings. The number of aromatic nitrogens is 2. The van der Waals surface area contributed by atoms with E-state index in [9.17, 15) is 0 Å². The molecule has 0 unspecified atom stereocenters. The van der Waals surface area contributed by atoms with Crippen LogP contribution in [-0.4, -0.2) is 15.8 Å². The molecule has 4 heteroatoms. The van der Waals surface area contributed by atoms with Crippen molar-refractivity contribution in [3.8, 4) is 0 Å². The minimum absolute atomic E-state index is 0.487. The van der Waals surface area contributed by atoms with Crippen molar-refractivity contribution in [2.45, 2.75) is 39.9 Å². The van der Waals surface area contributed by atoms with Crippen LogP contribution in [0.4, 0.5) is 0 Å². The summed E-state index contributed by atoms with van der Waals surface area (Å²) >= 11 is 0. The fraction of sp³-hybridized carbons (Fsp3) is 0.353. The molecule has 3 rings (SSSR count). The molecule has 2 aromatic heterocycles. The molecule has 0 aliphatic heterocycles. The predicted molar refractivity (Wildman–Crippen MR) is 84.3 cm³/mol. The molecule has 0 atom stereocenters. The number of hydrogen-bond donors (Lipinski definition) is 1. The van der Waals surface area contributed by atoms with Crippen molar-refractivity contribution in [3.63, 3.8) is 0 Å². The third-order valence-corrected chi connectivity index (χ3v) is 3.61. The van der Waals surface area contributed by atoms with Gasteiger partial charge in [0.15, 0.2) is 0 Å². The zero-order valence-corrected chi connectivity index (χ0v) is 12.8. The summed E-state index contributed by atoms with van der Waals surface area (Å²) in [5.74, 6) is 0.850. The molecule has 0 aliphatic carbocycles. The van der Waals surface area contributed by atoms with Crippen LogP contribution in [-0.2, 0) is 13.1 Å². The summed E-state index contributed by atoms with van der Waals surface area (Å²) in [6, 6.07) is 11.1. The third-order valence-electron chi connectivity index (χ3n) is 3.61. The van der Waals surface area contributed by atoms with Gasteiger partial charge in [-0.05, 0) is 24.6 Å². The van der Waals surface area contributed by atoms with Gasteiger partial charge in [-0.15, -0.1) is 0 Å². The monoisotopic (exact) mass is 283 g/mol. The maximum Gasteiger partial charge on any atom is 0.133 e. The van der Waals surface area contributed by atoms with E-state index in [0.29, 0.717) is 6.04 Å². The first-order valence-corrected chi connectivity index (χ1v) is 7.36. The van der Waals surface area contributed by atoms with E-state index >= 15 is 0 Å². The maximum absolute atomic E-state index is 5.14. The van der Waals surface area contributed by atoms with E-state index in [2.05, 4.69) is 59.4 Å². The molecule has 0 aliphatic rings. The molecule has 21 heavy (non-hydrogen) atoms. The van der Waals surface area contributed by atoms with Crippen molar-refractivity contribution in [2.75, 3.05) is 0 Å². The Morgan fingerprint density at radius 3 is 2.86 bits per heavy atom. The first-order valence-electron chi connectivity index (χ1n) is 7.36. The van der Waals surface area contributed by atoms with E-state index < -0.39 is 0 Å². The van der Waals surface area contributed by atoms with Gasteiger partial charge >= 0.3 is 0 Å². The molecule has 0 bridgehead atoms. The van der Waals surface area contributed by atoms with Gasteiger partial charge in [-0.25, -0.2) is 0 Å². The van der Waals surface area contributed by atoms with E-state index in [-0.39, 0.29) is 0 Å². The first-order chi connectivity index (χ1) is 10.1. The van der Waals surface area contributed by atoms with E-state index in [1.807, 2.05) is 13.0 Å². The molecule has 0 saturated carbocycles. The average Bonchev–Trinajstić information content (AvgIpc) is 3.04. The zero-order chi connectivity index (χ0) is 14.8. The Morgan fingerprint density at radius 2 is 2.14 bits per heavy atom. The molecular weight excluding hydrogens is 262 g/mol. The van der Waals surface area contributed by atoms with Crippen molar-refractivity contribution >= 4 is 10.9 Å². The van der Waals surface area contributed by atoms with Crippen LogP contribution in [0.1, 0.15) is 30.9 Å². The molecule has 0 saturated heterocycles. The van der Waals surface area contributed by atoms with Crippen molar-refractivity contribution < 1.29 is 4.52 Å². The largest absolute Gasteiger partial charge is 0.361 e. The SMILES string of the molecule is Cc1cc(Cn2ccc3c(CNC(C)C)cccc32)no1. The van der Waals surface area contributed by atoms with Crippen LogP contribution in [0, 0.1) is 6.92 Å². The van der Waals surface area contributed by atoms with Gasteiger partial charge in [-0.1, -0.05) is 31.1 Å². The number of hydrogen-bond acceptors (Lipinski definition) is 3. The summed E-state index contributed by atoms with van der Waals surface area (Å²) in [6.07, 6.45) is 2.12. The highest BCUT2D eigenvalue weighted by atomic mass is 16.5. The van der Waals surface area contributed by atoms with Crippen molar-refractivity contribution in [1.82, 2.24) is 15.0 Å². The van der Waals surface area contributed by atoms with Crippen molar-refractivity contribution in [1.29, 1.82) is 0 Å². The third kappa shape index (κ3) is 3.00. The van der Waals surface area contributed by atoms with Crippen LogP contribution >= 0.6 is 0 Å². The van der Waals surface area contributed by atoms with Crippen LogP contribution in [0.3, 0.4) is 0 Å². The molecule has 110 valence electrons. The van der Waals surface area contributed by atoms with Gasteiger partial charge in [0.2, 0.25) is 0 Å². The molecular formula is C17H21N3O. The molecule has 0 spiro atoms. The van der Waals surface area contributed by atoms with E-state index in [1.54, 1.807) is 0 Å². The lowest BCUT2D eigenvalue weighted by Gasteiger charge is -2.10. The van der Waals surface area contributed by atoms with Gasteiger partial charge in [-0.3, -0.25) is 0 Å². The Bertz CT molecular complexity index is 739. The van der Waals surface area contributed by atoms with Gasteiger partial charge in [-0.2, -0.15) is 0 Å².